The van der Waals surface area contributed by atoms with Crippen LogP contribution in [0, 0.1) is 6.92 Å². The number of carbonyl (C=O) groups is 1. The van der Waals surface area contributed by atoms with Crippen LogP contribution in [-0.4, -0.2) is 22.3 Å². The normalized spacial score (nSPS) is 18.6. The second kappa shape index (κ2) is 3.15. The van der Waals surface area contributed by atoms with Crippen LogP contribution in [0.3, 0.4) is 0 Å². The Morgan fingerprint density at radius 2 is 2.13 bits per heavy atom. The average molecular weight is 203 g/mol. The Balaban J connectivity index is 2.44. The van der Waals surface area contributed by atoms with Gasteiger partial charge in [-0.25, -0.2) is 0 Å². The maximum atomic E-state index is 11.5. The molecule has 0 unspecified atom stereocenters. The van der Waals surface area contributed by atoms with E-state index in [1.165, 1.54) is 0 Å². The first-order chi connectivity index (χ1) is 7.00. The molecular formula is C11H13N3O. The van der Waals surface area contributed by atoms with Crippen LogP contribution in [0.2, 0.25) is 0 Å². The second-order valence-corrected chi connectivity index (χ2v) is 4.16. The second-order valence-electron chi connectivity index (χ2n) is 4.16. The molecule has 0 fully saturated rings. The zero-order chi connectivity index (χ0) is 11.1. The van der Waals surface area contributed by atoms with Crippen LogP contribution in [0.25, 0.3) is 0 Å². The lowest BCUT2D eigenvalue weighted by Gasteiger charge is -2.07. The first-order valence-corrected chi connectivity index (χ1v) is 4.83. The number of pyridine rings is 1. The van der Waals surface area contributed by atoms with E-state index in [9.17, 15) is 4.79 Å². The van der Waals surface area contributed by atoms with Crippen molar-refractivity contribution in [1.29, 1.82) is 0 Å². The van der Waals surface area contributed by atoms with Crippen LogP contribution in [0.5, 0.6) is 0 Å². The van der Waals surface area contributed by atoms with Crippen LogP contribution < -0.4 is 5.32 Å². The molecule has 0 aliphatic carbocycles. The number of amidine groups is 1. The largest absolute Gasteiger partial charge is 0.308 e. The quantitative estimate of drug-likeness (QED) is 0.741. The third-order valence-corrected chi connectivity index (χ3v) is 2.47. The number of aryl methyl sites for hydroxylation is 1. The van der Waals surface area contributed by atoms with E-state index in [0.717, 1.165) is 11.1 Å². The molecule has 78 valence electrons. The minimum atomic E-state index is -0.669. The summed E-state index contributed by atoms with van der Waals surface area (Å²) in [7, 11) is 0. The number of amides is 1. The number of hydrogen-bond acceptors (Lipinski definition) is 3. The molecule has 15 heavy (non-hydrogen) atoms. The van der Waals surface area contributed by atoms with Gasteiger partial charge in [-0.1, -0.05) is 0 Å². The standard InChI is InChI=1S/C11H13N3O/c1-7-4-5-12-6-8(7)9-13-10(15)11(2,3)14-9/h4-6H,1-3H3,(H,13,14,15). The smallest absolute Gasteiger partial charge is 0.252 e. The first kappa shape index (κ1) is 9.83. The summed E-state index contributed by atoms with van der Waals surface area (Å²) < 4.78 is 0. The SMILES string of the molecule is Cc1ccncc1C1=NC(C)(C)C(=O)N1. The summed E-state index contributed by atoms with van der Waals surface area (Å²) in [5, 5.41) is 2.77. The fourth-order valence-electron chi connectivity index (χ4n) is 1.46. The van der Waals surface area contributed by atoms with Crippen molar-refractivity contribution in [2.24, 2.45) is 4.99 Å². The van der Waals surface area contributed by atoms with Gasteiger partial charge in [-0.15, -0.1) is 0 Å². The summed E-state index contributed by atoms with van der Waals surface area (Å²) in [4.78, 5) is 19.9. The van der Waals surface area contributed by atoms with Crippen LogP contribution in [0.1, 0.15) is 25.0 Å². The van der Waals surface area contributed by atoms with E-state index < -0.39 is 5.54 Å². The Morgan fingerprint density at radius 1 is 1.40 bits per heavy atom. The molecule has 0 saturated heterocycles. The molecule has 0 bridgehead atoms. The highest BCUT2D eigenvalue weighted by atomic mass is 16.2. The van der Waals surface area contributed by atoms with Crippen molar-refractivity contribution in [2.45, 2.75) is 26.3 Å². The summed E-state index contributed by atoms with van der Waals surface area (Å²) in [6, 6.07) is 1.90. The van der Waals surface area contributed by atoms with Gasteiger partial charge in [0.2, 0.25) is 0 Å². The maximum Gasteiger partial charge on any atom is 0.252 e. The number of aliphatic imine (C=N–C) groups is 1. The van der Waals surface area contributed by atoms with Gasteiger partial charge in [0.25, 0.3) is 5.91 Å². The molecule has 1 N–H and O–H groups in total. The van der Waals surface area contributed by atoms with Crippen molar-refractivity contribution < 1.29 is 4.79 Å². The maximum absolute atomic E-state index is 11.5. The lowest BCUT2D eigenvalue weighted by Crippen LogP contribution is -2.34. The van der Waals surface area contributed by atoms with Gasteiger partial charge in [-0.2, -0.15) is 0 Å². The zero-order valence-corrected chi connectivity index (χ0v) is 9.03. The van der Waals surface area contributed by atoms with E-state index in [2.05, 4.69) is 15.3 Å². The van der Waals surface area contributed by atoms with Crippen LogP contribution in [-0.2, 0) is 4.79 Å². The molecule has 1 aliphatic heterocycles. The Kier molecular flexibility index (Phi) is 2.07. The van der Waals surface area contributed by atoms with Gasteiger partial charge in [-0.05, 0) is 32.4 Å². The molecule has 4 heteroatoms. The summed E-state index contributed by atoms with van der Waals surface area (Å²) in [6.45, 7) is 5.55. The molecule has 0 atom stereocenters. The number of nitrogens with one attached hydrogen (secondary N) is 1. The minimum absolute atomic E-state index is 0.0687. The Bertz CT molecular complexity index is 449. The monoisotopic (exact) mass is 203 g/mol. The van der Waals surface area contributed by atoms with Gasteiger partial charge in [0.1, 0.15) is 11.4 Å². The number of aromatic nitrogens is 1. The highest BCUT2D eigenvalue weighted by Gasteiger charge is 2.34. The lowest BCUT2D eigenvalue weighted by molar-refractivity contribution is -0.122. The van der Waals surface area contributed by atoms with Crippen LogP contribution >= 0.6 is 0 Å². The molecule has 0 radical (unpaired) electrons. The Hall–Kier alpha value is -1.71. The fraction of sp³-hybridized carbons (Fsp3) is 0.364. The highest BCUT2D eigenvalue weighted by Crippen LogP contribution is 2.18. The zero-order valence-electron chi connectivity index (χ0n) is 9.03. The predicted molar refractivity (Wildman–Crippen MR) is 57.7 cm³/mol. The molecule has 1 aliphatic rings. The molecule has 0 saturated carbocycles. The van der Waals surface area contributed by atoms with Crippen molar-refractivity contribution >= 4 is 11.7 Å². The molecule has 2 rings (SSSR count). The summed E-state index contributed by atoms with van der Waals surface area (Å²) in [6.07, 6.45) is 3.44. The number of carbonyl (C=O) groups excluding carboxylic acids is 1. The minimum Gasteiger partial charge on any atom is -0.308 e. The van der Waals surface area contributed by atoms with Crippen LogP contribution in [0.15, 0.2) is 23.5 Å². The van der Waals surface area contributed by atoms with E-state index in [1.54, 1.807) is 26.2 Å². The van der Waals surface area contributed by atoms with Gasteiger partial charge < -0.3 is 5.32 Å². The summed E-state index contributed by atoms with van der Waals surface area (Å²) in [5.74, 6) is 0.552. The van der Waals surface area contributed by atoms with E-state index in [0.29, 0.717) is 5.84 Å². The molecule has 4 nitrogen and oxygen atoms in total. The van der Waals surface area contributed by atoms with Gasteiger partial charge in [0.15, 0.2) is 0 Å². The molecule has 2 heterocycles. The third kappa shape index (κ3) is 1.63. The highest BCUT2D eigenvalue weighted by molar-refractivity contribution is 6.15. The predicted octanol–water partition coefficient (Wildman–Crippen LogP) is 1.05. The molecule has 0 spiro atoms. The van der Waals surface area contributed by atoms with Crippen molar-refractivity contribution in [3.05, 3.63) is 29.6 Å². The molecule has 0 aromatic carbocycles. The molecular weight excluding hydrogens is 190 g/mol. The van der Waals surface area contributed by atoms with Crippen LogP contribution in [0.4, 0.5) is 0 Å². The van der Waals surface area contributed by atoms with E-state index in [-0.39, 0.29) is 5.91 Å². The van der Waals surface area contributed by atoms with Gasteiger partial charge in [-0.3, -0.25) is 14.8 Å². The molecule has 1 aromatic heterocycles. The topological polar surface area (TPSA) is 54.4 Å². The van der Waals surface area contributed by atoms with Gasteiger partial charge in [0, 0.05) is 18.0 Å². The van der Waals surface area contributed by atoms with Crippen molar-refractivity contribution in [2.75, 3.05) is 0 Å². The Labute approximate surface area is 88.4 Å². The van der Waals surface area contributed by atoms with Gasteiger partial charge in [0.05, 0.1) is 0 Å². The summed E-state index contributed by atoms with van der Waals surface area (Å²) >= 11 is 0. The van der Waals surface area contributed by atoms with Gasteiger partial charge >= 0.3 is 0 Å². The van der Waals surface area contributed by atoms with Crippen molar-refractivity contribution in [1.82, 2.24) is 10.3 Å². The number of hydrogen-bond donors (Lipinski definition) is 1. The Morgan fingerprint density at radius 3 is 2.67 bits per heavy atom. The molecule has 1 amide bonds. The van der Waals surface area contributed by atoms with Crippen molar-refractivity contribution in [3.8, 4) is 0 Å². The number of rotatable bonds is 1. The number of nitrogens with zero attached hydrogens (tertiary/aromatic N) is 2. The lowest BCUT2D eigenvalue weighted by atomic mass is 10.1. The summed E-state index contributed by atoms with van der Waals surface area (Å²) in [5.41, 5.74) is 1.27. The van der Waals surface area contributed by atoms with E-state index in [4.69, 9.17) is 0 Å². The first-order valence-electron chi connectivity index (χ1n) is 4.83. The van der Waals surface area contributed by atoms with Crippen molar-refractivity contribution in [3.63, 3.8) is 0 Å². The van der Waals surface area contributed by atoms with E-state index >= 15 is 0 Å². The molecule has 1 aromatic rings. The fourth-order valence-corrected chi connectivity index (χ4v) is 1.46. The van der Waals surface area contributed by atoms with E-state index in [1.807, 2.05) is 13.0 Å². The third-order valence-electron chi connectivity index (χ3n) is 2.47. The average Bonchev–Trinajstić information content (AvgIpc) is 2.42.